The normalized spacial score (nSPS) is 19.9. The van der Waals surface area contributed by atoms with Crippen molar-refractivity contribution in [3.63, 3.8) is 0 Å². The molecule has 0 spiro atoms. The van der Waals surface area contributed by atoms with Crippen molar-refractivity contribution in [2.45, 2.75) is 38.7 Å². The second kappa shape index (κ2) is 6.94. The fourth-order valence-corrected chi connectivity index (χ4v) is 5.14. The lowest BCUT2D eigenvalue weighted by atomic mass is 10.1. The average molecular weight is 394 g/mol. The molecule has 1 saturated carbocycles. The number of hydrogen-bond acceptors (Lipinski definition) is 5. The van der Waals surface area contributed by atoms with Crippen LogP contribution in [0.5, 0.6) is 0 Å². The zero-order valence-electron chi connectivity index (χ0n) is 16.1. The number of morpholine rings is 1. The smallest absolute Gasteiger partial charge is 0.264 e. The molecular formula is C22H23N3O2S. The van der Waals surface area contributed by atoms with Gasteiger partial charge in [-0.1, -0.05) is 30.3 Å². The molecule has 2 aromatic heterocycles. The second-order valence-electron chi connectivity index (χ2n) is 7.70. The number of amides is 1. The third-order valence-corrected chi connectivity index (χ3v) is 6.82. The van der Waals surface area contributed by atoms with Crippen LogP contribution in [-0.2, 0) is 4.74 Å². The Labute approximate surface area is 168 Å². The summed E-state index contributed by atoms with van der Waals surface area (Å²) in [6.07, 6.45) is 2.28. The number of fused-ring (bicyclic) bond motifs is 1. The summed E-state index contributed by atoms with van der Waals surface area (Å²) in [5, 5.41) is 1.05. The first-order valence-electron chi connectivity index (χ1n) is 9.85. The number of benzene rings is 1. The van der Waals surface area contributed by atoms with E-state index in [0.29, 0.717) is 25.6 Å². The van der Waals surface area contributed by atoms with Crippen LogP contribution in [0.1, 0.15) is 57.2 Å². The monoisotopic (exact) mass is 393 g/mol. The summed E-state index contributed by atoms with van der Waals surface area (Å²) in [7, 11) is 0. The molecular weight excluding hydrogens is 370 g/mol. The first-order valence-corrected chi connectivity index (χ1v) is 10.7. The fourth-order valence-electron chi connectivity index (χ4n) is 3.93. The summed E-state index contributed by atoms with van der Waals surface area (Å²) in [6.45, 7) is 5.81. The lowest BCUT2D eigenvalue weighted by Gasteiger charge is -2.33. The molecule has 28 heavy (non-hydrogen) atoms. The van der Waals surface area contributed by atoms with Gasteiger partial charge in [-0.25, -0.2) is 9.97 Å². The van der Waals surface area contributed by atoms with Gasteiger partial charge in [-0.15, -0.1) is 11.3 Å². The number of carbonyl (C=O) groups excluding carboxylic acids is 1. The van der Waals surface area contributed by atoms with Crippen LogP contribution in [0.2, 0.25) is 0 Å². The minimum atomic E-state index is -0.0726. The van der Waals surface area contributed by atoms with Gasteiger partial charge in [0, 0.05) is 17.8 Å². The highest BCUT2D eigenvalue weighted by Crippen LogP contribution is 2.40. The Morgan fingerprint density at radius 2 is 1.96 bits per heavy atom. The van der Waals surface area contributed by atoms with Crippen molar-refractivity contribution in [2.24, 2.45) is 0 Å². The van der Waals surface area contributed by atoms with Crippen LogP contribution in [0.15, 0.2) is 30.3 Å². The Morgan fingerprint density at radius 1 is 1.18 bits per heavy atom. The Morgan fingerprint density at radius 3 is 2.71 bits per heavy atom. The Kier molecular flexibility index (Phi) is 4.40. The average Bonchev–Trinajstić information content (AvgIpc) is 3.52. The van der Waals surface area contributed by atoms with E-state index in [1.807, 2.05) is 36.9 Å². The number of aromatic nitrogens is 2. The summed E-state index contributed by atoms with van der Waals surface area (Å²) >= 11 is 1.51. The van der Waals surface area contributed by atoms with Gasteiger partial charge in [0.1, 0.15) is 16.8 Å². The third-order valence-electron chi connectivity index (χ3n) is 5.65. The van der Waals surface area contributed by atoms with E-state index in [1.54, 1.807) is 0 Å². The van der Waals surface area contributed by atoms with Gasteiger partial charge in [-0.05, 0) is 37.8 Å². The molecule has 1 atom stereocenters. The summed E-state index contributed by atoms with van der Waals surface area (Å²) < 4.78 is 5.92. The number of nitrogens with zero attached hydrogens (tertiary/aromatic N) is 3. The number of carbonyl (C=O) groups is 1. The van der Waals surface area contributed by atoms with Crippen molar-refractivity contribution in [3.8, 4) is 0 Å². The summed E-state index contributed by atoms with van der Waals surface area (Å²) in [4.78, 5) is 26.5. The van der Waals surface area contributed by atoms with Gasteiger partial charge in [0.2, 0.25) is 0 Å². The van der Waals surface area contributed by atoms with Crippen molar-refractivity contribution in [3.05, 3.63) is 57.9 Å². The lowest BCUT2D eigenvalue weighted by molar-refractivity contribution is -0.0226. The first kappa shape index (κ1) is 17.8. The third kappa shape index (κ3) is 3.10. The topological polar surface area (TPSA) is 55.3 Å². The standard InChI is InChI=1S/C22H23N3O2S/c1-13-18-14(2)23-20(16-8-9-16)24-21(18)28-19(13)22(26)25-10-11-27-17(12-25)15-6-4-3-5-7-15/h3-7,16-17H,8-12H2,1-2H3. The first-order chi connectivity index (χ1) is 13.6. The van der Waals surface area contributed by atoms with E-state index in [4.69, 9.17) is 14.7 Å². The highest BCUT2D eigenvalue weighted by atomic mass is 32.1. The number of hydrogen-bond donors (Lipinski definition) is 0. The van der Waals surface area contributed by atoms with E-state index in [9.17, 15) is 4.79 Å². The highest BCUT2D eigenvalue weighted by molar-refractivity contribution is 7.20. The van der Waals surface area contributed by atoms with Crippen LogP contribution in [0.25, 0.3) is 10.2 Å². The van der Waals surface area contributed by atoms with E-state index < -0.39 is 0 Å². The van der Waals surface area contributed by atoms with Crippen molar-refractivity contribution >= 4 is 27.5 Å². The van der Waals surface area contributed by atoms with Crippen LogP contribution in [-0.4, -0.2) is 40.5 Å². The largest absolute Gasteiger partial charge is 0.370 e. The van der Waals surface area contributed by atoms with E-state index in [0.717, 1.165) is 37.7 Å². The molecule has 1 aliphatic heterocycles. The number of rotatable bonds is 3. The van der Waals surface area contributed by atoms with Gasteiger partial charge in [0.05, 0.1) is 23.7 Å². The van der Waals surface area contributed by atoms with Crippen LogP contribution >= 0.6 is 11.3 Å². The molecule has 0 radical (unpaired) electrons. The molecule has 6 heteroatoms. The van der Waals surface area contributed by atoms with Gasteiger partial charge in [-0.2, -0.15) is 0 Å². The van der Waals surface area contributed by atoms with Crippen LogP contribution < -0.4 is 0 Å². The molecule has 2 aliphatic rings. The quantitative estimate of drug-likeness (QED) is 0.662. The molecule has 3 heterocycles. The van der Waals surface area contributed by atoms with Gasteiger partial charge in [0.15, 0.2) is 0 Å². The van der Waals surface area contributed by atoms with Gasteiger partial charge in [-0.3, -0.25) is 4.79 Å². The summed E-state index contributed by atoms with van der Waals surface area (Å²) in [6, 6.07) is 10.1. The predicted octanol–water partition coefficient (Wildman–Crippen LogP) is 4.40. The van der Waals surface area contributed by atoms with Gasteiger partial charge >= 0.3 is 0 Å². The van der Waals surface area contributed by atoms with Crippen LogP contribution in [0, 0.1) is 13.8 Å². The van der Waals surface area contributed by atoms with Crippen molar-refractivity contribution in [1.82, 2.24) is 14.9 Å². The Balaban J connectivity index is 1.45. The second-order valence-corrected chi connectivity index (χ2v) is 8.70. The van der Waals surface area contributed by atoms with Crippen molar-refractivity contribution in [1.29, 1.82) is 0 Å². The fraction of sp³-hybridized carbons (Fsp3) is 0.409. The molecule has 1 unspecified atom stereocenters. The molecule has 0 bridgehead atoms. The molecule has 1 saturated heterocycles. The number of aryl methyl sites for hydroxylation is 2. The van der Waals surface area contributed by atoms with Gasteiger partial charge < -0.3 is 9.64 Å². The number of ether oxygens (including phenoxy) is 1. The predicted molar refractivity (Wildman–Crippen MR) is 110 cm³/mol. The molecule has 144 valence electrons. The minimum Gasteiger partial charge on any atom is -0.370 e. The molecule has 1 amide bonds. The van der Waals surface area contributed by atoms with Crippen molar-refractivity contribution in [2.75, 3.05) is 19.7 Å². The Hall–Kier alpha value is -2.31. The van der Waals surface area contributed by atoms with E-state index in [1.165, 1.54) is 24.2 Å². The maximum atomic E-state index is 13.3. The molecule has 0 N–H and O–H groups in total. The zero-order valence-corrected chi connectivity index (χ0v) is 17.0. The van der Waals surface area contributed by atoms with Crippen LogP contribution in [0.4, 0.5) is 0 Å². The SMILES string of the molecule is Cc1nc(C2CC2)nc2sc(C(=O)N3CCOC(c4ccccc4)C3)c(C)c12. The lowest BCUT2D eigenvalue weighted by Crippen LogP contribution is -2.42. The van der Waals surface area contributed by atoms with Crippen molar-refractivity contribution < 1.29 is 9.53 Å². The molecule has 3 aromatic rings. The molecule has 1 aromatic carbocycles. The maximum absolute atomic E-state index is 13.3. The van der Waals surface area contributed by atoms with Crippen LogP contribution in [0.3, 0.4) is 0 Å². The van der Waals surface area contributed by atoms with E-state index in [2.05, 4.69) is 12.1 Å². The van der Waals surface area contributed by atoms with Gasteiger partial charge in [0.25, 0.3) is 5.91 Å². The maximum Gasteiger partial charge on any atom is 0.264 e. The molecule has 5 rings (SSSR count). The Bertz CT molecular complexity index is 1040. The molecule has 1 aliphatic carbocycles. The number of thiophene rings is 1. The summed E-state index contributed by atoms with van der Waals surface area (Å²) in [5.74, 6) is 1.54. The summed E-state index contributed by atoms with van der Waals surface area (Å²) in [5.41, 5.74) is 3.11. The van der Waals surface area contributed by atoms with E-state index in [-0.39, 0.29) is 12.0 Å². The molecule has 5 nitrogen and oxygen atoms in total. The zero-order chi connectivity index (χ0) is 19.3. The minimum absolute atomic E-state index is 0.0726. The molecule has 2 fully saturated rings. The van der Waals surface area contributed by atoms with E-state index >= 15 is 0 Å². The highest BCUT2D eigenvalue weighted by Gasteiger charge is 2.31.